The molecule has 5 nitrogen and oxygen atoms in total. The summed E-state index contributed by atoms with van der Waals surface area (Å²) >= 11 is 5.84. The van der Waals surface area contributed by atoms with Gasteiger partial charge in [0.1, 0.15) is 12.1 Å². The van der Waals surface area contributed by atoms with Crippen LogP contribution in [0.15, 0.2) is 24.3 Å². The van der Waals surface area contributed by atoms with Crippen molar-refractivity contribution in [3.63, 3.8) is 0 Å². The van der Waals surface area contributed by atoms with Gasteiger partial charge in [-0.15, -0.1) is 0 Å². The Morgan fingerprint density at radius 2 is 2.14 bits per heavy atom. The van der Waals surface area contributed by atoms with Crippen molar-refractivity contribution in [1.29, 1.82) is 0 Å². The van der Waals surface area contributed by atoms with Gasteiger partial charge < -0.3 is 15.0 Å². The maximum atomic E-state index is 12.3. The summed E-state index contributed by atoms with van der Waals surface area (Å²) in [6.07, 6.45) is 0.0406. The monoisotopic (exact) mass is 310 g/mol. The Hall–Kier alpha value is -1.59. The van der Waals surface area contributed by atoms with Crippen molar-refractivity contribution >= 4 is 29.1 Å². The summed E-state index contributed by atoms with van der Waals surface area (Å²) in [5.41, 5.74) is 0.791. The van der Waals surface area contributed by atoms with Gasteiger partial charge in [0.2, 0.25) is 11.8 Å². The lowest BCUT2D eigenvalue weighted by Crippen LogP contribution is -2.45. The Labute approximate surface area is 129 Å². The van der Waals surface area contributed by atoms with Crippen molar-refractivity contribution < 1.29 is 14.3 Å². The van der Waals surface area contributed by atoms with Crippen LogP contribution in [-0.4, -0.2) is 37.1 Å². The van der Waals surface area contributed by atoms with Gasteiger partial charge in [0, 0.05) is 23.9 Å². The highest BCUT2D eigenvalue weighted by molar-refractivity contribution is 6.30. The number of rotatable bonds is 5. The lowest BCUT2D eigenvalue weighted by atomic mass is 10.2. The molecule has 1 aliphatic rings. The first-order valence-electron chi connectivity index (χ1n) is 7.02. The Morgan fingerprint density at radius 1 is 1.48 bits per heavy atom. The van der Waals surface area contributed by atoms with E-state index in [1.165, 1.54) is 0 Å². The third-order valence-corrected chi connectivity index (χ3v) is 3.70. The van der Waals surface area contributed by atoms with Crippen molar-refractivity contribution in [2.24, 2.45) is 0 Å². The van der Waals surface area contributed by atoms with Crippen molar-refractivity contribution in [2.75, 3.05) is 18.1 Å². The van der Waals surface area contributed by atoms with Crippen LogP contribution in [0.5, 0.6) is 0 Å². The number of benzene rings is 1. The van der Waals surface area contributed by atoms with Crippen LogP contribution < -0.4 is 10.2 Å². The highest BCUT2D eigenvalue weighted by Crippen LogP contribution is 2.23. The van der Waals surface area contributed by atoms with Crippen LogP contribution >= 0.6 is 11.6 Å². The summed E-state index contributed by atoms with van der Waals surface area (Å²) in [5.74, 6) is -0.359. The summed E-state index contributed by atoms with van der Waals surface area (Å²) in [7, 11) is 0. The molecule has 6 heteroatoms. The van der Waals surface area contributed by atoms with Crippen molar-refractivity contribution in [2.45, 2.75) is 32.4 Å². The number of nitrogens with zero attached hydrogens (tertiary/aromatic N) is 1. The highest BCUT2D eigenvalue weighted by Gasteiger charge is 2.34. The number of nitrogens with one attached hydrogen (secondary N) is 1. The van der Waals surface area contributed by atoms with Gasteiger partial charge in [-0.2, -0.15) is 0 Å². The van der Waals surface area contributed by atoms with Gasteiger partial charge in [0.25, 0.3) is 0 Å². The molecule has 2 atom stereocenters. The van der Waals surface area contributed by atoms with E-state index in [1.54, 1.807) is 36.1 Å². The molecule has 21 heavy (non-hydrogen) atoms. The summed E-state index contributed by atoms with van der Waals surface area (Å²) in [6.45, 7) is 4.54. The molecule has 2 amide bonds. The van der Waals surface area contributed by atoms with E-state index >= 15 is 0 Å². The number of ether oxygens (including phenoxy) is 1. The molecule has 1 heterocycles. The Bertz CT molecular complexity index is 518. The van der Waals surface area contributed by atoms with E-state index in [9.17, 15) is 9.59 Å². The minimum atomic E-state index is -0.549. The number of hydrogen-bond donors (Lipinski definition) is 1. The van der Waals surface area contributed by atoms with Crippen LogP contribution in [0.1, 0.15) is 20.3 Å². The lowest BCUT2D eigenvalue weighted by molar-refractivity contribution is -0.134. The summed E-state index contributed by atoms with van der Waals surface area (Å²) in [5, 5.41) is 3.37. The Balaban J connectivity index is 1.98. The second-order valence-corrected chi connectivity index (χ2v) is 5.35. The number of hydrogen-bond acceptors (Lipinski definition) is 3. The van der Waals surface area contributed by atoms with Crippen LogP contribution in [0.4, 0.5) is 5.69 Å². The first-order chi connectivity index (χ1) is 10.0. The largest absolute Gasteiger partial charge is 0.369 e. The molecule has 0 aromatic heterocycles. The van der Waals surface area contributed by atoms with Crippen LogP contribution in [0.25, 0.3) is 0 Å². The predicted octanol–water partition coefficient (Wildman–Crippen LogP) is 1.99. The maximum Gasteiger partial charge on any atom is 0.249 e. The third kappa shape index (κ3) is 3.74. The van der Waals surface area contributed by atoms with Crippen molar-refractivity contribution in [3.05, 3.63) is 29.3 Å². The molecule has 0 aliphatic carbocycles. The van der Waals surface area contributed by atoms with Crippen molar-refractivity contribution in [3.8, 4) is 0 Å². The molecule has 1 fully saturated rings. The van der Waals surface area contributed by atoms with Crippen LogP contribution in [0, 0.1) is 0 Å². The lowest BCUT2D eigenvalue weighted by Gasteiger charge is -2.18. The molecule has 0 radical (unpaired) electrons. The fourth-order valence-corrected chi connectivity index (χ4v) is 2.43. The summed E-state index contributed by atoms with van der Waals surface area (Å²) < 4.78 is 5.22. The summed E-state index contributed by atoms with van der Waals surface area (Å²) in [4.78, 5) is 25.9. The van der Waals surface area contributed by atoms with Gasteiger partial charge >= 0.3 is 0 Å². The number of halogens is 1. The second kappa shape index (κ2) is 6.91. The second-order valence-electron chi connectivity index (χ2n) is 4.91. The first kappa shape index (κ1) is 15.8. The predicted molar refractivity (Wildman–Crippen MR) is 81.4 cm³/mol. The molecule has 1 saturated heterocycles. The van der Waals surface area contributed by atoms with E-state index in [4.69, 9.17) is 16.3 Å². The minimum Gasteiger partial charge on any atom is -0.369 e. The quantitative estimate of drug-likeness (QED) is 0.905. The van der Waals surface area contributed by atoms with Gasteiger partial charge in [-0.3, -0.25) is 9.59 Å². The van der Waals surface area contributed by atoms with E-state index in [-0.39, 0.29) is 11.8 Å². The van der Waals surface area contributed by atoms with Crippen molar-refractivity contribution in [1.82, 2.24) is 5.32 Å². The van der Waals surface area contributed by atoms with Crippen LogP contribution in [0.3, 0.4) is 0 Å². The zero-order valence-corrected chi connectivity index (χ0v) is 12.9. The molecule has 1 aromatic carbocycles. The summed E-state index contributed by atoms with van der Waals surface area (Å²) in [6, 6.07) is 6.59. The molecule has 0 bridgehead atoms. The van der Waals surface area contributed by atoms with Gasteiger partial charge in [-0.1, -0.05) is 11.6 Å². The Morgan fingerprint density at radius 3 is 2.76 bits per heavy atom. The highest BCUT2D eigenvalue weighted by atomic mass is 35.5. The Kier molecular flexibility index (Phi) is 5.20. The third-order valence-electron chi connectivity index (χ3n) is 3.45. The standard InChI is InChI=1S/C15H19ClN2O3/c1-3-21-10(2)14(19)17-13-8-9-18(15(13)20)12-6-4-11(16)5-7-12/h4-7,10,13H,3,8-9H2,1-2H3,(H,17,19)/t10-,13-/m1/s1. The SMILES string of the molecule is CCO[C@H](C)C(=O)N[C@@H]1CCN(c2ccc(Cl)cc2)C1=O. The first-order valence-corrected chi connectivity index (χ1v) is 7.39. The molecule has 2 rings (SSSR count). The zero-order chi connectivity index (χ0) is 15.4. The van der Waals surface area contributed by atoms with E-state index in [0.717, 1.165) is 5.69 Å². The molecule has 0 spiro atoms. The molecule has 1 N–H and O–H groups in total. The van der Waals surface area contributed by atoms with E-state index in [0.29, 0.717) is 24.6 Å². The van der Waals surface area contributed by atoms with Gasteiger partial charge in [-0.05, 0) is 44.5 Å². The van der Waals surface area contributed by atoms with Crippen LogP contribution in [-0.2, 0) is 14.3 Å². The number of carbonyl (C=O) groups excluding carboxylic acids is 2. The molecule has 114 valence electrons. The molecular weight excluding hydrogens is 292 g/mol. The minimum absolute atomic E-state index is 0.102. The van der Waals surface area contributed by atoms with E-state index in [1.807, 2.05) is 6.92 Å². The van der Waals surface area contributed by atoms with E-state index < -0.39 is 12.1 Å². The molecule has 0 unspecified atom stereocenters. The zero-order valence-electron chi connectivity index (χ0n) is 12.1. The topological polar surface area (TPSA) is 58.6 Å². The maximum absolute atomic E-state index is 12.3. The normalized spacial score (nSPS) is 19.7. The number of anilines is 1. The average Bonchev–Trinajstić information content (AvgIpc) is 2.81. The fourth-order valence-electron chi connectivity index (χ4n) is 2.31. The molecule has 1 aliphatic heterocycles. The average molecular weight is 311 g/mol. The molecule has 1 aromatic rings. The van der Waals surface area contributed by atoms with Gasteiger partial charge in [0.05, 0.1) is 0 Å². The van der Waals surface area contributed by atoms with Gasteiger partial charge in [-0.25, -0.2) is 0 Å². The molecule has 0 saturated carbocycles. The fraction of sp³-hybridized carbons (Fsp3) is 0.467. The van der Waals surface area contributed by atoms with E-state index in [2.05, 4.69) is 5.32 Å². The number of amides is 2. The number of carbonyl (C=O) groups is 2. The van der Waals surface area contributed by atoms with Crippen LogP contribution in [0.2, 0.25) is 5.02 Å². The molecular formula is C15H19ClN2O3. The van der Waals surface area contributed by atoms with Gasteiger partial charge in [0.15, 0.2) is 0 Å². The smallest absolute Gasteiger partial charge is 0.249 e.